The summed E-state index contributed by atoms with van der Waals surface area (Å²) in [7, 11) is 0. The second kappa shape index (κ2) is 21.7. The van der Waals surface area contributed by atoms with Crippen molar-refractivity contribution in [2.45, 2.75) is 97.6 Å². The number of benzene rings is 2. The standard InChI is InChI=1S/C40H58N6O7/c1-7-27(6)37(40(52)42-22-35(48)28-14-10-8-11-15-28)46-38(50)31(26(4)5)20-34(47)32(18-25(2)3)45-39(51)33(19-29-21-41-24-43-29)44-36(49)23-53-30-16-12-9-13-17-30/h8-17,21,24-27,31-35,37,47-48H,7,18-20,22-23H2,1-6H3,(H,41,43)(H,42,52)(H,44,49)(H,45,51)(H,46,50). The van der Waals surface area contributed by atoms with Crippen molar-refractivity contribution in [3.05, 3.63) is 84.4 Å². The lowest BCUT2D eigenvalue weighted by Crippen LogP contribution is -2.55. The quantitative estimate of drug-likeness (QED) is 0.0816. The summed E-state index contributed by atoms with van der Waals surface area (Å²) < 4.78 is 5.57. The maximum Gasteiger partial charge on any atom is 0.258 e. The molecule has 7 N–H and O–H groups in total. The summed E-state index contributed by atoms with van der Waals surface area (Å²) in [5.41, 5.74) is 1.22. The number of hydrogen-bond donors (Lipinski definition) is 7. The number of nitrogens with one attached hydrogen (secondary N) is 5. The maximum atomic E-state index is 13.8. The molecule has 53 heavy (non-hydrogen) atoms. The summed E-state index contributed by atoms with van der Waals surface area (Å²) in [6.45, 7) is 11.1. The molecule has 0 saturated carbocycles. The molecule has 290 valence electrons. The molecule has 1 aromatic heterocycles. The van der Waals surface area contributed by atoms with E-state index in [1.165, 1.54) is 6.33 Å². The fourth-order valence-electron chi connectivity index (χ4n) is 5.99. The van der Waals surface area contributed by atoms with Gasteiger partial charge in [-0.25, -0.2) is 4.98 Å². The maximum absolute atomic E-state index is 13.8. The van der Waals surface area contributed by atoms with Crippen molar-refractivity contribution in [1.82, 2.24) is 31.2 Å². The van der Waals surface area contributed by atoms with Crippen LogP contribution in [0, 0.1) is 23.7 Å². The number of hydrogen-bond acceptors (Lipinski definition) is 8. The number of aliphatic hydroxyl groups is 2. The molecule has 3 aromatic rings. The van der Waals surface area contributed by atoms with Gasteiger partial charge in [-0.15, -0.1) is 0 Å². The number of carbonyl (C=O) groups is 4. The first kappa shape index (κ1) is 42.7. The molecule has 13 nitrogen and oxygen atoms in total. The molecule has 3 rings (SSSR count). The van der Waals surface area contributed by atoms with Gasteiger partial charge in [0.05, 0.1) is 30.3 Å². The number of amides is 4. The van der Waals surface area contributed by atoms with Gasteiger partial charge >= 0.3 is 0 Å². The highest BCUT2D eigenvalue weighted by Crippen LogP contribution is 2.23. The molecule has 7 atom stereocenters. The van der Waals surface area contributed by atoms with Crippen LogP contribution in [0.15, 0.2) is 73.2 Å². The molecule has 0 aliphatic heterocycles. The van der Waals surface area contributed by atoms with E-state index < -0.39 is 54.0 Å². The third kappa shape index (κ3) is 14.3. The Kier molecular flexibility index (Phi) is 17.5. The molecule has 0 bridgehead atoms. The lowest BCUT2D eigenvalue weighted by atomic mass is 9.85. The van der Waals surface area contributed by atoms with E-state index in [-0.39, 0.29) is 49.7 Å². The summed E-state index contributed by atoms with van der Waals surface area (Å²) in [5, 5.41) is 33.6. The van der Waals surface area contributed by atoms with Gasteiger partial charge in [-0.1, -0.05) is 96.5 Å². The molecular formula is C40H58N6O7. The van der Waals surface area contributed by atoms with Crippen molar-refractivity contribution in [2.24, 2.45) is 23.7 Å². The van der Waals surface area contributed by atoms with E-state index in [1.54, 1.807) is 54.7 Å². The Labute approximate surface area is 313 Å². The van der Waals surface area contributed by atoms with E-state index in [2.05, 4.69) is 31.2 Å². The summed E-state index contributed by atoms with van der Waals surface area (Å²) in [4.78, 5) is 61.0. The van der Waals surface area contributed by atoms with E-state index in [1.807, 2.05) is 53.7 Å². The fraction of sp³-hybridized carbons (Fsp3) is 0.525. The summed E-state index contributed by atoms with van der Waals surface area (Å²) in [5.74, 6) is -2.34. The lowest BCUT2D eigenvalue weighted by Gasteiger charge is -2.32. The van der Waals surface area contributed by atoms with Crippen LogP contribution in [0.25, 0.3) is 0 Å². The highest BCUT2D eigenvalue weighted by molar-refractivity contribution is 5.89. The van der Waals surface area contributed by atoms with Crippen molar-refractivity contribution in [1.29, 1.82) is 0 Å². The number of ether oxygens (including phenoxy) is 1. The van der Waals surface area contributed by atoms with Crippen molar-refractivity contribution in [2.75, 3.05) is 13.2 Å². The van der Waals surface area contributed by atoms with Crippen molar-refractivity contribution in [3.8, 4) is 5.75 Å². The van der Waals surface area contributed by atoms with Crippen LogP contribution in [0.2, 0.25) is 0 Å². The van der Waals surface area contributed by atoms with Gasteiger partial charge in [-0.3, -0.25) is 19.2 Å². The van der Waals surface area contributed by atoms with Gasteiger partial charge in [0.1, 0.15) is 17.8 Å². The first-order chi connectivity index (χ1) is 25.3. The molecule has 0 spiro atoms. The Balaban J connectivity index is 1.70. The molecule has 13 heteroatoms. The molecular weight excluding hydrogens is 676 g/mol. The van der Waals surface area contributed by atoms with Crippen LogP contribution in [0.1, 0.15) is 78.2 Å². The monoisotopic (exact) mass is 734 g/mol. The number of aromatic amines is 1. The third-order valence-corrected chi connectivity index (χ3v) is 9.33. The Morgan fingerprint density at radius 1 is 0.830 bits per heavy atom. The minimum absolute atomic E-state index is 0.0177. The smallest absolute Gasteiger partial charge is 0.258 e. The molecule has 0 radical (unpaired) electrons. The van der Waals surface area contributed by atoms with E-state index in [4.69, 9.17) is 4.74 Å². The molecule has 0 aliphatic carbocycles. The SMILES string of the molecule is CCC(C)C(NC(=O)C(CC(O)C(CC(C)C)NC(=O)C(Cc1c[nH]cn1)NC(=O)COc1ccccc1)C(C)C)C(=O)NCC(O)c1ccccc1. The highest BCUT2D eigenvalue weighted by atomic mass is 16.5. The fourth-order valence-corrected chi connectivity index (χ4v) is 5.99. The molecule has 0 saturated heterocycles. The summed E-state index contributed by atoms with van der Waals surface area (Å²) in [6.07, 6.45) is 2.22. The van der Waals surface area contributed by atoms with E-state index in [0.29, 0.717) is 29.8 Å². The van der Waals surface area contributed by atoms with Gasteiger partial charge in [0.15, 0.2) is 6.61 Å². The van der Waals surface area contributed by atoms with Crippen LogP contribution in [-0.4, -0.2) is 81.2 Å². The first-order valence-corrected chi connectivity index (χ1v) is 18.5. The van der Waals surface area contributed by atoms with Crippen molar-refractivity contribution < 1.29 is 34.1 Å². The van der Waals surface area contributed by atoms with Crippen molar-refractivity contribution >= 4 is 23.6 Å². The zero-order valence-electron chi connectivity index (χ0n) is 31.7. The van der Waals surface area contributed by atoms with Crippen LogP contribution >= 0.6 is 0 Å². The Morgan fingerprint density at radius 3 is 2.08 bits per heavy atom. The molecule has 1 heterocycles. The zero-order valence-corrected chi connectivity index (χ0v) is 31.7. The summed E-state index contributed by atoms with van der Waals surface area (Å²) in [6, 6.07) is 15.2. The molecule has 7 unspecified atom stereocenters. The van der Waals surface area contributed by atoms with Crippen LogP contribution in [0.5, 0.6) is 5.75 Å². The van der Waals surface area contributed by atoms with Crippen LogP contribution in [0.4, 0.5) is 0 Å². The molecule has 0 fully saturated rings. The lowest BCUT2D eigenvalue weighted by molar-refractivity contribution is -0.134. The number of para-hydroxylation sites is 1. The van der Waals surface area contributed by atoms with Crippen LogP contribution in [-0.2, 0) is 25.6 Å². The average molecular weight is 735 g/mol. The van der Waals surface area contributed by atoms with Crippen LogP contribution in [0.3, 0.4) is 0 Å². The first-order valence-electron chi connectivity index (χ1n) is 18.5. The third-order valence-electron chi connectivity index (χ3n) is 9.33. The Bertz CT molecular complexity index is 1540. The largest absolute Gasteiger partial charge is 0.484 e. The number of nitrogens with zero attached hydrogens (tertiary/aromatic N) is 1. The van der Waals surface area contributed by atoms with Gasteiger partial charge in [-0.2, -0.15) is 0 Å². The van der Waals surface area contributed by atoms with E-state index in [9.17, 15) is 29.4 Å². The second-order valence-corrected chi connectivity index (χ2v) is 14.4. The zero-order chi connectivity index (χ0) is 38.9. The van der Waals surface area contributed by atoms with Crippen LogP contribution < -0.4 is 26.0 Å². The van der Waals surface area contributed by atoms with E-state index >= 15 is 0 Å². The number of rotatable bonds is 22. The van der Waals surface area contributed by atoms with Gasteiger partial charge in [0, 0.05) is 25.1 Å². The van der Waals surface area contributed by atoms with Gasteiger partial charge in [0.2, 0.25) is 17.7 Å². The van der Waals surface area contributed by atoms with Gasteiger partial charge in [0.25, 0.3) is 5.91 Å². The number of aliphatic hydroxyl groups excluding tert-OH is 2. The van der Waals surface area contributed by atoms with Gasteiger partial charge in [-0.05, 0) is 48.3 Å². The average Bonchev–Trinajstić information content (AvgIpc) is 3.66. The molecule has 0 aliphatic rings. The summed E-state index contributed by atoms with van der Waals surface area (Å²) >= 11 is 0. The highest BCUT2D eigenvalue weighted by Gasteiger charge is 2.35. The topological polar surface area (TPSA) is 195 Å². The second-order valence-electron chi connectivity index (χ2n) is 14.4. The number of imidazole rings is 1. The van der Waals surface area contributed by atoms with Gasteiger partial charge < -0.3 is 41.2 Å². The number of carbonyl (C=O) groups excluding carboxylic acids is 4. The number of H-pyrrole nitrogens is 1. The Morgan fingerprint density at radius 2 is 1.49 bits per heavy atom. The number of aromatic nitrogens is 2. The predicted molar refractivity (Wildman–Crippen MR) is 202 cm³/mol. The Hall–Kier alpha value is -4.75. The van der Waals surface area contributed by atoms with Crippen molar-refractivity contribution in [3.63, 3.8) is 0 Å². The minimum atomic E-state index is -1.13. The molecule has 2 aromatic carbocycles. The normalized spacial score (nSPS) is 15.4. The van der Waals surface area contributed by atoms with E-state index in [0.717, 1.165) is 0 Å². The minimum Gasteiger partial charge on any atom is -0.484 e. The molecule has 4 amide bonds. The predicted octanol–water partition coefficient (Wildman–Crippen LogP) is 3.45.